The first-order valence-electron chi connectivity index (χ1n) is 6.48. The van der Waals surface area contributed by atoms with Crippen molar-refractivity contribution >= 4 is 5.91 Å². The molecule has 3 nitrogen and oxygen atoms in total. The number of halogens is 3. The summed E-state index contributed by atoms with van der Waals surface area (Å²) in [7, 11) is 0. The fourth-order valence-electron chi connectivity index (χ4n) is 2.97. The number of hydrogen-bond donors (Lipinski definition) is 1. The second-order valence-corrected chi connectivity index (χ2v) is 5.46. The van der Waals surface area contributed by atoms with Crippen molar-refractivity contribution in [2.75, 3.05) is 26.2 Å². The molecule has 6 heteroatoms. The molecule has 0 spiro atoms. The van der Waals surface area contributed by atoms with E-state index < -0.39 is 12.6 Å². The highest BCUT2D eigenvalue weighted by Gasteiger charge is 2.34. The molecule has 2 heterocycles. The average Bonchev–Trinajstić information content (AvgIpc) is 2.62. The third kappa shape index (κ3) is 4.15. The highest BCUT2D eigenvalue weighted by Crippen LogP contribution is 2.30. The van der Waals surface area contributed by atoms with Crippen molar-refractivity contribution in [2.24, 2.45) is 11.8 Å². The van der Waals surface area contributed by atoms with E-state index >= 15 is 0 Å². The van der Waals surface area contributed by atoms with Crippen LogP contribution in [0, 0.1) is 11.8 Å². The van der Waals surface area contributed by atoms with Crippen molar-refractivity contribution in [1.82, 2.24) is 10.2 Å². The number of amides is 1. The zero-order valence-corrected chi connectivity index (χ0v) is 10.3. The minimum atomic E-state index is -4.06. The van der Waals surface area contributed by atoms with E-state index in [0.717, 1.165) is 19.5 Å². The lowest BCUT2D eigenvalue weighted by molar-refractivity contribution is -0.148. The van der Waals surface area contributed by atoms with E-state index in [1.54, 1.807) is 0 Å². The number of piperidine rings is 1. The minimum Gasteiger partial charge on any atom is -0.356 e. The number of nitrogens with zero attached hydrogens (tertiary/aromatic N) is 1. The summed E-state index contributed by atoms with van der Waals surface area (Å²) in [5, 5.41) is 2.76. The van der Waals surface area contributed by atoms with Crippen LogP contribution in [0.4, 0.5) is 13.2 Å². The Balaban J connectivity index is 1.78. The zero-order valence-electron chi connectivity index (χ0n) is 10.3. The van der Waals surface area contributed by atoms with Crippen LogP contribution in [0.15, 0.2) is 0 Å². The summed E-state index contributed by atoms with van der Waals surface area (Å²) in [4.78, 5) is 13.2. The summed E-state index contributed by atoms with van der Waals surface area (Å²) in [5.74, 6) is 0.0507. The second kappa shape index (κ2) is 5.47. The molecule has 2 rings (SSSR count). The summed E-state index contributed by atoms with van der Waals surface area (Å²) in [5.41, 5.74) is 0. The maximum Gasteiger partial charge on any atom is 0.389 e. The molecule has 0 aromatic rings. The molecule has 2 aliphatic heterocycles. The van der Waals surface area contributed by atoms with Crippen molar-refractivity contribution in [1.29, 1.82) is 0 Å². The number of likely N-dealkylation sites (tertiary alicyclic amines) is 1. The molecule has 2 unspecified atom stereocenters. The van der Waals surface area contributed by atoms with Gasteiger partial charge in [-0.3, -0.25) is 4.79 Å². The number of carbonyl (C=O) groups is 1. The number of rotatable bonds is 3. The molecule has 18 heavy (non-hydrogen) atoms. The molecular formula is C12H19F3N2O. The molecule has 104 valence electrons. The Morgan fingerprint density at radius 1 is 1.33 bits per heavy atom. The molecule has 0 aromatic heterocycles. The van der Waals surface area contributed by atoms with Crippen molar-refractivity contribution in [3.63, 3.8) is 0 Å². The molecule has 0 saturated carbocycles. The fourth-order valence-corrected chi connectivity index (χ4v) is 2.97. The predicted octanol–water partition coefficient (Wildman–Crippen LogP) is 1.79. The van der Waals surface area contributed by atoms with E-state index in [9.17, 15) is 18.0 Å². The maximum atomic E-state index is 12.4. The van der Waals surface area contributed by atoms with Crippen molar-refractivity contribution in [3.05, 3.63) is 0 Å². The van der Waals surface area contributed by atoms with E-state index in [0.29, 0.717) is 25.9 Å². The largest absolute Gasteiger partial charge is 0.389 e. The molecule has 1 N–H and O–H groups in total. The molecule has 2 atom stereocenters. The number of alkyl halides is 3. The van der Waals surface area contributed by atoms with Gasteiger partial charge in [0.25, 0.3) is 0 Å². The van der Waals surface area contributed by atoms with Gasteiger partial charge in [0.1, 0.15) is 0 Å². The Kier molecular flexibility index (Phi) is 4.14. The van der Waals surface area contributed by atoms with Crippen LogP contribution in [0.3, 0.4) is 0 Å². The Hall–Kier alpha value is -0.780. The van der Waals surface area contributed by atoms with Gasteiger partial charge in [0.15, 0.2) is 0 Å². The monoisotopic (exact) mass is 264 g/mol. The minimum absolute atomic E-state index is 0.0591. The van der Waals surface area contributed by atoms with Crippen LogP contribution in [-0.2, 0) is 4.79 Å². The fraction of sp³-hybridized carbons (Fsp3) is 0.917. The summed E-state index contributed by atoms with van der Waals surface area (Å²) >= 11 is 0. The Morgan fingerprint density at radius 2 is 2.11 bits per heavy atom. The first-order chi connectivity index (χ1) is 8.42. The zero-order chi connectivity index (χ0) is 13.2. The summed E-state index contributed by atoms with van der Waals surface area (Å²) < 4.78 is 37.1. The van der Waals surface area contributed by atoms with E-state index in [4.69, 9.17) is 0 Å². The lowest BCUT2D eigenvalue weighted by Gasteiger charge is -2.34. The van der Waals surface area contributed by atoms with Gasteiger partial charge in [0.2, 0.25) is 5.91 Å². The number of nitrogens with one attached hydrogen (secondary N) is 1. The molecule has 2 fully saturated rings. The Morgan fingerprint density at radius 3 is 2.72 bits per heavy atom. The third-order valence-electron chi connectivity index (χ3n) is 3.70. The molecule has 2 saturated heterocycles. The van der Waals surface area contributed by atoms with E-state index in [2.05, 4.69) is 10.2 Å². The maximum absolute atomic E-state index is 12.4. The number of hydrogen-bond acceptors (Lipinski definition) is 2. The second-order valence-electron chi connectivity index (χ2n) is 5.46. The van der Waals surface area contributed by atoms with Gasteiger partial charge in [-0.15, -0.1) is 0 Å². The topological polar surface area (TPSA) is 32.3 Å². The van der Waals surface area contributed by atoms with Crippen LogP contribution >= 0.6 is 0 Å². The summed E-state index contributed by atoms with van der Waals surface area (Å²) in [6.07, 6.45) is -2.73. The van der Waals surface area contributed by atoms with Crippen molar-refractivity contribution in [3.8, 4) is 0 Å². The van der Waals surface area contributed by atoms with Gasteiger partial charge >= 0.3 is 6.18 Å². The van der Waals surface area contributed by atoms with E-state index in [1.807, 2.05) is 0 Å². The molecule has 1 amide bonds. The predicted molar refractivity (Wildman–Crippen MR) is 61.0 cm³/mol. The van der Waals surface area contributed by atoms with Crippen molar-refractivity contribution in [2.45, 2.75) is 31.9 Å². The van der Waals surface area contributed by atoms with Gasteiger partial charge < -0.3 is 10.2 Å². The smallest absolute Gasteiger partial charge is 0.356 e. The van der Waals surface area contributed by atoms with Gasteiger partial charge in [-0.2, -0.15) is 13.2 Å². The van der Waals surface area contributed by atoms with Crippen LogP contribution in [0.2, 0.25) is 0 Å². The molecule has 0 aliphatic carbocycles. The van der Waals surface area contributed by atoms with Gasteiger partial charge in [0.05, 0.1) is 0 Å². The Labute approximate surface area is 105 Å². The third-order valence-corrected chi connectivity index (χ3v) is 3.70. The molecule has 0 aromatic carbocycles. The molecule has 0 radical (unpaired) electrons. The van der Waals surface area contributed by atoms with Crippen LogP contribution in [0.1, 0.15) is 25.7 Å². The van der Waals surface area contributed by atoms with Gasteiger partial charge in [-0.25, -0.2) is 0 Å². The van der Waals surface area contributed by atoms with Gasteiger partial charge in [0, 0.05) is 32.5 Å². The van der Waals surface area contributed by atoms with Gasteiger partial charge in [-0.05, 0) is 31.2 Å². The lowest BCUT2D eigenvalue weighted by Crippen LogP contribution is -2.40. The highest BCUT2D eigenvalue weighted by molar-refractivity contribution is 5.78. The Bertz CT molecular complexity index is 306. The molecule has 0 bridgehead atoms. The van der Waals surface area contributed by atoms with Gasteiger partial charge in [-0.1, -0.05) is 0 Å². The first-order valence-corrected chi connectivity index (χ1v) is 6.48. The van der Waals surface area contributed by atoms with Crippen molar-refractivity contribution < 1.29 is 18.0 Å². The normalized spacial score (nSPS) is 30.5. The van der Waals surface area contributed by atoms with E-state index in [1.165, 1.54) is 0 Å². The quantitative estimate of drug-likeness (QED) is 0.843. The molecular weight excluding hydrogens is 245 g/mol. The SMILES string of the molecule is O=C1CC(CN2CCCC(CC(F)(F)F)C2)CN1. The lowest BCUT2D eigenvalue weighted by atomic mass is 9.93. The summed E-state index contributed by atoms with van der Waals surface area (Å²) in [6, 6.07) is 0. The average molecular weight is 264 g/mol. The van der Waals surface area contributed by atoms with E-state index in [-0.39, 0.29) is 17.7 Å². The van der Waals surface area contributed by atoms with Crippen LogP contribution in [0.25, 0.3) is 0 Å². The highest BCUT2D eigenvalue weighted by atomic mass is 19.4. The standard InChI is InChI=1S/C12H19F3N2O/c13-12(14,15)5-9-2-1-3-17(7-9)8-10-4-11(18)16-6-10/h9-10H,1-8H2,(H,16,18). The first kappa shape index (κ1) is 13.6. The van der Waals surface area contributed by atoms with Crippen LogP contribution in [0.5, 0.6) is 0 Å². The molecule has 2 aliphatic rings. The number of carbonyl (C=O) groups excluding carboxylic acids is 1. The summed E-state index contributed by atoms with van der Waals surface area (Å²) in [6.45, 7) is 2.79. The van der Waals surface area contributed by atoms with Crippen LogP contribution < -0.4 is 5.32 Å². The van der Waals surface area contributed by atoms with Crippen LogP contribution in [-0.4, -0.2) is 43.2 Å².